The van der Waals surface area contributed by atoms with Crippen LogP contribution in [0.3, 0.4) is 0 Å². The molecular weight excluding hydrogens is 206 g/mol. The Labute approximate surface area is 101 Å². The van der Waals surface area contributed by atoms with Gasteiger partial charge in [-0.25, -0.2) is 0 Å². The first-order valence-corrected chi connectivity index (χ1v) is 5.75. The zero-order valence-corrected chi connectivity index (χ0v) is 9.72. The molecular formula is C16H13N. The van der Waals surface area contributed by atoms with Crippen molar-refractivity contribution in [1.82, 2.24) is 4.98 Å². The van der Waals surface area contributed by atoms with E-state index in [-0.39, 0.29) is 0 Å². The maximum Gasteiger partial charge on any atom is 0.0705 e. The summed E-state index contributed by atoms with van der Waals surface area (Å²) in [7, 11) is 0. The first-order chi connectivity index (χ1) is 8.33. The molecule has 0 unspecified atom stereocenters. The fourth-order valence-corrected chi connectivity index (χ4v) is 2.02. The molecule has 0 saturated carbocycles. The number of aromatic nitrogens is 1. The van der Waals surface area contributed by atoms with Crippen molar-refractivity contribution in [3.8, 4) is 11.1 Å². The summed E-state index contributed by atoms with van der Waals surface area (Å²) in [5, 5.41) is 1.19. The van der Waals surface area contributed by atoms with Crippen molar-refractivity contribution in [3.63, 3.8) is 0 Å². The van der Waals surface area contributed by atoms with Crippen LogP contribution in [0.4, 0.5) is 0 Å². The predicted molar refractivity (Wildman–Crippen MR) is 71.9 cm³/mol. The van der Waals surface area contributed by atoms with Gasteiger partial charge in [-0.05, 0) is 30.2 Å². The molecule has 0 amide bonds. The Balaban J connectivity index is 2.17. The average molecular weight is 219 g/mol. The van der Waals surface area contributed by atoms with Crippen LogP contribution >= 0.6 is 0 Å². The van der Waals surface area contributed by atoms with Crippen LogP contribution in [0.1, 0.15) is 5.56 Å². The number of nitrogens with zero attached hydrogens (tertiary/aromatic N) is 1. The molecule has 2 aromatic carbocycles. The fourth-order valence-electron chi connectivity index (χ4n) is 2.02. The Morgan fingerprint density at radius 2 is 1.65 bits per heavy atom. The van der Waals surface area contributed by atoms with Gasteiger partial charge < -0.3 is 0 Å². The van der Waals surface area contributed by atoms with Crippen LogP contribution in [0.5, 0.6) is 0 Å². The highest BCUT2D eigenvalue weighted by molar-refractivity contribution is 5.83. The van der Waals surface area contributed by atoms with E-state index < -0.39 is 0 Å². The zero-order chi connectivity index (χ0) is 11.7. The topological polar surface area (TPSA) is 12.9 Å². The Bertz CT molecular complexity index is 657. The molecule has 0 spiro atoms. The second kappa shape index (κ2) is 4.02. The maximum atomic E-state index is 4.52. The molecule has 17 heavy (non-hydrogen) atoms. The summed E-state index contributed by atoms with van der Waals surface area (Å²) in [5.41, 5.74) is 4.69. The van der Waals surface area contributed by atoms with Crippen molar-refractivity contribution in [2.24, 2.45) is 0 Å². The fraction of sp³-hybridized carbons (Fsp3) is 0.0625. The van der Waals surface area contributed by atoms with Crippen molar-refractivity contribution in [1.29, 1.82) is 0 Å². The van der Waals surface area contributed by atoms with Crippen LogP contribution < -0.4 is 0 Å². The monoisotopic (exact) mass is 219 g/mol. The first kappa shape index (κ1) is 10.0. The third-order valence-corrected chi connectivity index (χ3v) is 2.95. The lowest BCUT2D eigenvalue weighted by Crippen LogP contribution is -1.83. The lowest BCUT2D eigenvalue weighted by molar-refractivity contribution is 1.38. The second-order valence-corrected chi connectivity index (χ2v) is 4.29. The van der Waals surface area contributed by atoms with E-state index in [4.69, 9.17) is 0 Å². The minimum absolute atomic E-state index is 1.06. The van der Waals surface area contributed by atoms with Gasteiger partial charge in [0.1, 0.15) is 0 Å². The average Bonchev–Trinajstić information content (AvgIpc) is 2.39. The van der Waals surface area contributed by atoms with E-state index >= 15 is 0 Å². The third kappa shape index (κ3) is 1.92. The van der Waals surface area contributed by atoms with Gasteiger partial charge in [-0.15, -0.1) is 0 Å². The molecule has 0 aliphatic rings. The molecule has 1 nitrogen and oxygen atoms in total. The lowest BCUT2D eigenvalue weighted by atomic mass is 10.0. The van der Waals surface area contributed by atoms with Crippen molar-refractivity contribution in [3.05, 3.63) is 66.4 Å². The van der Waals surface area contributed by atoms with Gasteiger partial charge in [0.25, 0.3) is 0 Å². The molecule has 0 aliphatic heterocycles. The molecule has 1 heteroatoms. The number of hydrogen-bond donors (Lipinski definition) is 0. The van der Waals surface area contributed by atoms with Crippen molar-refractivity contribution < 1.29 is 0 Å². The van der Waals surface area contributed by atoms with Gasteiger partial charge in [0.05, 0.1) is 5.52 Å². The number of aryl methyl sites for hydroxylation is 1. The van der Waals surface area contributed by atoms with E-state index in [2.05, 4.69) is 60.4 Å². The Hall–Kier alpha value is -2.15. The number of hydrogen-bond acceptors (Lipinski definition) is 1. The Morgan fingerprint density at radius 1 is 0.824 bits per heavy atom. The zero-order valence-electron chi connectivity index (χ0n) is 9.72. The normalized spacial score (nSPS) is 10.6. The lowest BCUT2D eigenvalue weighted by Gasteiger charge is -2.03. The molecule has 82 valence electrons. The van der Waals surface area contributed by atoms with Gasteiger partial charge in [-0.1, -0.05) is 42.5 Å². The molecule has 1 aromatic heterocycles. The smallest absolute Gasteiger partial charge is 0.0705 e. The Morgan fingerprint density at radius 3 is 2.47 bits per heavy atom. The maximum absolute atomic E-state index is 4.52. The number of fused-ring (bicyclic) bond motifs is 1. The molecule has 3 aromatic rings. The van der Waals surface area contributed by atoms with Crippen molar-refractivity contribution >= 4 is 10.9 Å². The standard InChI is InChI=1S/C16H13N/c1-12-7-8-14-10-15(11-17-16(14)9-12)13-5-3-2-4-6-13/h2-11H,1H3. The third-order valence-electron chi connectivity index (χ3n) is 2.95. The molecule has 0 saturated heterocycles. The van der Waals surface area contributed by atoms with Gasteiger partial charge >= 0.3 is 0 Å². The van der Waals surface area contributed by atoms with Crippen LogP contribution in [0.15, 0.2) is 60.8 Å². The van der Waals surface area contributed by atoms with Gasteiger partial charge in [0.15, 0.2) is 0 Å². The molecule has 0 aliphatic carbocycles. The van der Waals surface area contributed by atoms with Crippen LogP contribution in [-0.2, 0) is 0 Å². The van der Waals surface area contributed by atoms with Crippen molar-refractivity contribution in [2.45, 2.75) is 6.92 Å². The molecule has 0 N–H and O–H groups in total. The van der Waals surface area contributed by atoms with Gasteiger partial charge in [0, 0.05) is 17.1 Å². The first-order valence-electron chi connectivity index (χ1n) is 5.75. The van der Waals surface area contributed by atoms with Crippen LogP contribution in [0.25, 0.3) is 22.0 Å². The van der Waals surface area contributed by atoms with E-state index in [0.29, 0.717) is 0 Å². The minimum Gasteiger partial charge on any atom is -0.256 e. The van der Waals surface area contributed by atoms with E-state index in [1.165, 1.54) is 22.1 Å². The van der Waals surface area contributed by atoms with E-state index in [1.54, 1.807) is 0 Å². The highest BCUT2D eigenvalue weighted by Crippen LogP contribution is 2.22. The summed E-state index contributed by atoms with van der Waals surface area (Å²) in [4.78, 5) is 4.52. The summed E-state index contributed by atoms with van der Waals surface area (Å²) >= 11 is 0. The molecule has 0 radical (unpaired) electrons. The number of benzene rings is 2. The summed E-state index contributed by atoms with van der Waals surface area (Å²) < 4.78 is 0. The van der Waals surface area contributed by atoms with Crippen LogP contribution in [0, 0.1) is 6.92 Å². The largest absolute Gasteiger partial charge is 0.256 e. The van der Waals surface area contributed by atoms with Crippen LogP contribution in [0.2, 0.25) is 0 Å². The van der Waals surface area contributed by atoms with Gasteiger partial charge in [-0.3, -0.25) is 4.98 Å². The minimum atomic E-state index is 1.06. The summed E-state index contributed by atoms with van der Waals surface area (Å²) in [6.07, 6.45) is 1.94. The molecule has 1 heterocycles. The number of rotatable bonds is 1. The quantitative estimate of drug-likeness (QED) is 0.597. The highest BCUT2D eigenvalue weighted by atomic mass is 14.6. The molecule has 0 bridgehead atoms. The van der Waals surface area contributed by atoms with E-state index in [1.807, 2.05) is 12.3 Å². The van der Waals surface area contributed by atoms with E-state index in [0.717, 1.165) is 5.52 Å². The van der Waals surface area contributed by atoms with Gasteiger partial charge in [-0.2, -0.15) is 0 Å². The summed E-state index contributed by atoms with van der Waals surface area (Å²) in [6, 6.07) is 18.9. The van der Waals surface area contributed by atoms with Crippen LogP contribution in [-0.4, -0.2) is 4.98 Å². The van der Waals surface area contributed by atoms with Gasteiger partial charge in [0.2, 0.25) is 0 Å². The SMILES string of the molecule is Cc1ccc2cc(-c3ccccc3)cnc2c1. The molecule has 0 fully saturated rings. The highest BCUT2D eigenvalue weighted by Gasteiger charge is 2.00. The molecule has 0 atom stereocenters. The Kier molecular flexibility index (Phi) is 2.37. The summed E-state index contributed by atoms with van der Waals surface area (Å²) in [6.45, 7) is 2.09. The van der Waals surface area contributed by atoms with E-state index in [9.17, 15) is 0 Å². The molecule has 3 rings (SSSR count). The van der Waals surface area contributed by atoms with Crippen molar-refractivity contribution in [2.75, 3.05) is 0 Å². The second-order valence-electron chi connectivity index (χ2n) is 4.29. The predicted octanol–water partition coefficient (Wildman–Crippen LogP) is 4.21. The summed E-state index contributed by atoms with van der Waals surface area (Å²) in [5.74, 6) is 0. The number of pyridine rings is 1.